The van der Waals surface area contributed by atoms with Gasteiger partial charge in [0.05, 0.1) is 29.3 Å². The van der Waals surface area contributed by atoms with Crippen LogP contribution in [0, 0.1) is 16.7 Å². The highest BCUT2D eigenvalue weighted by Gasteiger charge is 2.44. The predicted molar refractivity (Wildman–Crippen MR) is 87.2 cm³/mol. The van der Waals surface area contributed by atoms with Crippen LogP contribution < -0.4 is 0 Å². The highest BCUT2D eigenvalue weighted by molar-refractivity contribution is 7.89. The zero-order valence-corrected chi connectivity index (χ0v) is 14.8. The van der Waals surface area contributed by atoms with E-state index in [4.69, 9.17) is 0 Å². The van der Waals surface area contributed by atoms with E-state index in [0.29, 0.717) is 6.54 Å². The maximum Gasteiger partial charge on any atom is 0.215 e. The number of imidazole rings is 1. The number of piperidine rings is 1. The van der Waals surface area contributed by atoms with Gasteiger partial charge in [-0.05, 0) is 39.5 Å². The van der Waals surface area contributed by atoms with Crippen LogP contribution in [0.2, 0.25) is 0 Å². The number of aryl methyl sites for hydroxylation is 1. The van der Waals surface area contributed by atoms with Gasteiger partial charge >= 0.3 is 0 Å². The number of hydrogen-bond acceptors (Lipinski definition) is 4. The van der Waals surface area contributed by atoms with E-state index in [1.54, 1.807) is 18.2 Å². The molecule has 6 nitrogen and oxygen atoms in total. The van der Waals surface area contributed by atoms with Gasteiger partial charge in [-0.3, -0.25) is 0 Å². The topological polar surface area (TPSA) is 79.0 Å². The maximum absolute atomic E-state index is 12.9. The molecule has 1 aromatic heterocycles. The fourth-order valence-corrected chi connectivity index (χ4v) is 6.19. The molecule has 1 saturated heterocycles. The van der Waals surface area contributed by atoms with Gasteiger partial charge in [-0.2, -0.15) is 9.57 Å². The van der Waals surface area contributed by atoms with Gasteiger partial charge < -0.3 is 4.57 Å². The number of rotatable bonds is 3. The first-order valence-corrected chi connectivity index (χ1v) is 9.77. The van der Waals surface area contributed by atoms with Gasteiger partial charge in [0.1, 0.15) is 0 Å². The van der Waals surface area contributed by atoms with Crippen molar-refractivity contribution < 1.29 is 8.42 Å². The third-order valence-corrected chi connectivity index (χ3v) is 7.31. The molecule has 0 radical (unpaired) electrons. The number of aromatic nitrogens is 2. The van der Waals surface area contributed by atoms with E-state index in [1.807, 2.05) is 13.4 Å². The zero-order valence-electron chi connectivity index (χ0n) is 14.0. The van der Waals surface area contributed by atoms with Crippen molar-refractivity contribution in [3.63, 3.8) is 0 Å². The fourth-order valence-electron chi connectivity index (χ4n) is 3.98. The van der Waals surface area contributed by atoms with Crippen molar-refractivity contribution in [1.29, 1.82) is 5.26 Å². The number of nitriles is 1. The van der Waals surface area contributed by atoms with E-state index >= 15 is 0 Å². The van der Waals surface area contributed by atoms with E-state index in [1.165, 1.54) is 5.69 Å². The Kier molecular flexibility index (Phi) is 4.01. The average Bonchev–Trinajstić information content (AvgIpc) is 2.87. The summed E-state index contributed by atoms with van der Waals surface area (Å²) < 4.78 is 29.5. The number of fused-ring (bicyclic) bond motifs is 3. The van der Waals surface area contributed by atoms with E-state index in [-0.39, 0.29) is 17.7 Å². The van der Waals surface area contributed by atoms with Crippen LogP contribution in [0.25, 0.3) is 0 Å². The van der Waals surface area contributed by atoms with Gasteiger partial charge in [0.2, 0.25) is 10.0 Å². The molecule has 1 fully saturated rings. The Bertz CT molecular complexity index is 745. The predicted octanol–water partition coefficient (Wildman–Crippen LogP) is 1.79. The van der Waals surface area contributed by atoms with Gasteiger partial charge in [-0.15, -0.1) is 0 Å². The molecule has 126 valence electrons. The summed E-state index contributed by atoms with van der Waals surface area (Å²) in [5.41, 5.74) is 1.45. The van der Waals surface area contributed by atoms with Crippen LogP contribution in [-0.4, -0.2) is 40.6 Å². The molecule has 2 unspecified atom stereocenters. The molecule has 0 bridgehead atoms. The van der Waals surface area contributed by atoms with E-state index in [0.717, 1.165) is 31.4 Å². The van der Waals surface area contributed by atoms with Crippen molar-refractivity contribution >= 4 is 10.0 Å². The minimum Gasteiger partial charge on any atom is -0.337 e. The van der Waals surface area contributed by atoms with E-state index < -0.39 is 15.4 Å². The number of sulfonamides is 1. The largest absolute Gasteiger partial charge is 0.337 e. The second-order valence-electron chi connectivity index (χ2n) is 7.40. The molecular weight excluding hydrogens is 312 g/mol. The lowest BCUT2D eigenvalue weighted by molar-refractivity contribution is 0.196. The molecule has 0 spiro atoms. The molecule has 1 aromatic rings. The minimum absolute atomic E-state index is 0.00866. The molecule has 2 heterocycles. The lowest BCUT2D eigenvalue weighted by Crippen LogP contribution is -2.51. The van der Waals surface area contributed by atoms with Gasteiger partial charge in [-0.1, -0.05) is 0 Å². The normalized spacial score (nSPS) is 25.5. The molecule has 7 heteroatoms. The van der Waals surface area contributed by atoms with Gasteiger partial charge in [0.15, 0.2) is 0 Å². The molecule has 0 aromatic carbocycles. The Balaban J connectivity index is 1.90. The molecule has 0 N–H and O–H groups in total. The summed E-state index contributed by atoms with van der Waals surface area (Å²) in [6.45, 7) is 3.93. The molecule has 1 aliphatic heterocycles. The molecule has 3 rings (SSSR count). The van der Waals surface area contributed by atoms with Gasteiger partial charge in [0, 0.05) is 31.2 Å². The summed E-state index contributed by atoms with van der Waals surface area (Å²) in [5, 5.41) is 9.18. The van der Waals surface area contributed by atoms with Crippen molar-refractivity contribution in [3.05, 3.63) is 17.7 Å². The molecule has 23 heavy (non-hydrogen) atoms. The third kappa shape index (κ3) is 2.90. The smallest absolute Gasteiger partial charge is 0.215 e. The lowest BCUT2D eigenvalue weighted by Gasteiger charge is -2.43. The summed E-state index contributed by atoms with van der Waals surface area (Å²) in [6.07, 6.45) is 5.37. The van der Waals surface area contributed by atoms with E-state index in [9.17, 15) is 13.7 Å². The van der Waals surface area contributed by atoms with Crippen LogP contribution in [0.4, 0.5) is 0 Å². The SMILES string of the molecule is Cn1cnc2c1CCC1C2CCCN1S(=O)(=O)CC(C)(C)C#N. The lowest BCUT2D eigenvalue weighted by atomic mass is 9.80. The van der Waals surface area contributed by atoms with Gasteiger partial charge in [-0.25, -0.2) is 13.4 Å². The Morgan fingerprint density at radius 1 is 1.43 bits per heavy atom. The number of nitrogens with zero attached hydrogens (tertiary/aromatic N) is 4. The quantitative estimate of drug-likeness (QED) is 0.843. The second-order valence-corrected chi connectivity index (χ2v) is 9.33. The highest BCUT2D eigenvalue weighted by Crippen LogP contribution is 2.41. The van der Waals surface area contributed by atoms with Crippen LogP contribution in [0.15, 0.2) is 6.33 Å². The molecule has 2 aliphatic rings. The van der Waals surface area contributed by atoms with Crippen LogP contribution in [0.3, 0.4) is 0 Å². The summed E-state index contributed by atoms with van der Waals surface area (Å²) in [5.74, 6) is 0.0723. The summed E-state index contributed by atoms with van der Waals surface area (Å²) in [7, 11) is -1.44. The first-order chi connectivity index (χ1) is 10.7. The molecule has 2 atom stereocenters. The van der Waals surface area contributed by atoms with Gasteiger partial charge in [0.25, 0.3) is 0 Å². The minimum atomic E-state index is -3.44. The third-order valence-electron chi connectivity index (χ3n) is 5.05. The van der Waals surface area contributed by atoms with Crippen LogP contribution in [0.1, 0.15) is 50.4 Å². The molecular formula is C16H24N4O2S. The zero-order chi connectivity index (χ0) is 16.8. The first-order valence-electron chi connectivity index (χ1n) is 8.16. The Morgan fingerprint density at radius 3 is 2.87 bits per heavy atom. The average molecular weight is 336 g/mol. The Hall–Kier alpha value is -1.39. The van der Waals surface area contributed by atoms with Crippen molar-refractivity contribution in [2.24, 2.45) is 12.5 Å². The van der Waals surface area contributed by atoms with E-state index in [2.05, 4.69) is 15.6 Å². The van der Waals surface area contributed by atoms with Crippen molar-refractivity contribution in [3.8, 4) is 6.07 Å². The van der Waals surface area contributed by atoms with Crippen molar-refractivity contribution in [2.45, 2.75) is 51.5 Å². The molecule has 0 saturated carbocycles. The fraction of sp³-hybridized carbons (Fsp3) is 0.750. The standard InChI is InChI=1S/C16H24N4O2S/c1-16(2,9-17)10-23(21,22)20-8-4-5-12-13(20)6-7-14-15(12)18-11-19(14)3/h11-13H,4-8,10H2,1-3H3. The highest BCUT2D eigenvalue weighted by atomic mass is 32.2. The van der Waals surface area contributed by atoms with Crippen LogP contribution in [0.5, 0.6) is 0 Å². The first kappa shape index (κ1) is 16.5. The Labute approximate surface area is 138 Å². The second kappa shape index (κ2) is 5.60. The van der Waals surface area contributed by atoms with Crippen molar-refractivity contribution in [2.75, 3.05) is 12.3 Å². The maximum atomic E-state index is 12.9. The Morgan fingerprint density at radius 2 is 2.17 bits per heavy atom. The molecule has 0 amide bonds. The summed E-state index contributed by atoms with van der Waals surface area (Å²) >= 11 is 0. The monoisotopic (exact) mass is 336 g/mol. The summed E-state index contributed by atoms with van der Waals surface area (Å²) in [6, 6.07) is 2.10. The van der Waals surface area contributed by atoms with Crippen LogP contribution >= 0.6 is 0 Å². The molecule has 1 aliphatic carbocycles. The number of hydrogen-bond donors (Lipinski definition) is 0. The summed E-state index contributed by atoms with van der Waals surface area (Å²) in [4.78, 5) is 4.54. The van der Waals surface area contributed by atoms with Crippen molar-refractivity contribution in [1.82, 2.24) is 13.9 Å². The van der Waals surface area contributed by atoms with Crippen LogP contribution in [-0.2, 0) is 23.5 Å².